The van der Waals surface area contributed by atoms with Crippen LogP contribution in [0.25, 0.3) is 10.8 Å². The summed E-state index contributed by atoms with van der Waals surface area (Å²) in [7, 11) is 1.92. The van der Waals surface area contributed by atoms with Crippen molar-refractivity contribution >= 4 is 11.3 Å². The number of thiazole rings is 1. The summed E-state index contributed by atoms with van der Waals surface area (Å²) in [6, 6.07) is 0. The monoisotopic (exact) mass is 195 g/mol. The van der Waals surface area contributed by atoms with Gasteiger partial charge < -0.3 is 9.67 Å². The van der Waals surface area contributed by atoms with Crippen molar-refractivity contribution in [1.82, 2.24) is 14.5 Å². The maximum atomic E-state index is 8.83. The van der Waals surface area contributed by atoms with Crippen LogP contribution in [0.5, 0.6) is 0 Å². The molecule has 0 saturated heterocycles. The maximum Gasteiger partial charge on any atom is 0.168 e. The number of hydrogen-bond donors (Lipinski definition) is 1. The number of aliphatic hydroxyl groups excluding tert-OH is 1. The molecule has 2 aromatic heterocycles. The zero-order valence-corrected chi connectivity index (χ0v) is 7.95. The van der Waals surface area contributed by atoms with Gasteiger partial charge in [0.1, 0.15) is 0 Å². The van der Waals surface area contributed by atoms with E-state index in [4.69, 9.17) is 5.11 Å². The molecule has 0 saturated carbocycles. The van der Waals surface area contributed by atoms with E-state index in [1.807, 2.05) is 23.2 Å². The quantitative estimate of drug-likeness (QED) is 0.778. The fraction of sp³-hybridized carbons (Fsp3) is 0.250. The minimum Gasteiger partial charge on any atom is -0.390 e. The number of aliphatic hydroxyl groups is 1. The Balaban J connectivity index is 2.41. The molecule has 2 rings (SSSR count). The molecule has 2 aromatic rings. The first kappa shape index (κ1) is 8.40. The van der Waals surface area contributed by atoms with Gasteiger partial charge in [-0.3, -0.25) is 0 Å². The third-order valence-electron chi connectivity index (χ3n) is 1.73. The van der Waals surface area contributed by atoms with Crippen LogP contribution in [0, 0.1) is 0 Å². The largest absolute Gasteiger partial charge is 0.390 e. The van der Waals surface area contributed by atoms with Crippen molar-refractivity contribution in [1.29, 1.82) is 0 Å². The van der Waals surface area contributed by atoms with E-state index in [2.05, 4.69) is 9.97 Å². The van der Waals surface area contributed by atoms with E-state index >= 15 is 0 Å². The molecule has 13 heavy (non-hydrogen) atoms. The Morgan fingerprint density at radius 2 is 2.46 bits per heavy atom. The first-order valence-electron chi connectivity index (χ1n) is 3.84. The van der Waals surface area contributed by atoms with Crippen molar-refractivity contribution in [2.75, 3.05) is 0 Å². The van der Waals surface area contributed by atoms with Gasteiger partial charge in [-0.25, -0.2) is 9.97 Å². The standard InChI is InChI=1S/C8H9N3OS/c1-11-3-2-9-7(11)8-10-6(4-12)5-13-8/h2-3,5,12H,4H2,1H3. The number of aryl methyl sites for hydroxylation is 1. The van der Waals surface area contributed by atoms with E-state index < -0.39 is 0 Å². The molecule has 0 amide bonds. The first-order valence-corrected chi connectivity index (χ1v) is 4.72. The predicted molar refractivity (Wildman–Crippen MR) is 50.2 cm³/mol. The van der Waals surface area contributed by atoms with Crippen LogP contribution in [0.3, 0.4) is 0 Å². The second-order valence-corrected chi connectivity index (χ2v) is 3.52. The van der Waals surface area contributed by atoms with Crippen LogP contribution in [0.15, 0.2) is 17.8 Å². The van der Waals surface area contributed by atoms with Gasteiger partial charge in [0, 0.05) is 24.8 Å². The third kappa shape index (κ3) is 1.48. The summed E-state index contributed by atoms with van der Waals surface area (Å²) in [6.07, 6.45) is 3.60. The zero-order chi connectivity index (χ0) is 9.26. The highest BCUT2D eigenvalue weighted by atomic mass is 32.1. The topological polar surface area (TPSA) is 50.9 Å². The molecule has 0 aliphatic heterocycles. The van der Waals surface area contributed by atoms with Gasteiger partial charge in [0.25, 0.3) is 0 Å². The maximum absolute atomic E-state index is 8.83. The summed E-state index contributed by atoms with van der Waals surface area (Å²) in [5, 5.41) is 11.5. The molecule has 0 aliphatic carbocycles. The Morgan fingerprint density at radius 3 is 3.00 bits per heavy atom. The lowest BCUT2D eigenvalue weighted by atomic mass is 10.5. The van der Waals surface area contributed by atoms with Crippen LogP contribution < -0.4 is 0 Å². The molecule has 0 bridgehead atoms. The summed E-state index contributed by atoms with van der Waals surface area (Å²) in [5.41, 5.74) is 0.697. The van der Waals surface area contributed by atoms with Crippen LogP contribution >= 0.6 is 11.3 Å². The fourth-order valence-corrected chi connectivity index (χ4v) is 1.90. The summed E-state index contributed by atoms with van der Waals surface area (Å²) in [4.78, 5) is 8.38. The lowest BCUT2D eigenvalue weighted by Crippen LogP contribution is -1.91. The van der Waals surface area contributed by atoms with Gasteiger partial charge in [0.2, 0.25) is 0 Å². The van der Waals surface area contributed by atoms with Crippen molar-refractivity contribution in [3.05, 3.63) is 23.5 Å². The van der Waals surface area contributed by atoms with Gasteiger partial charge in [-0.05, 0) is 0 Å². The third-order valence-corrected chi connectivity index (χ3v) is 2.61. The van der Waals surface area contributed by atoms with Gasteiger partial charge in [0.15, 0.2) is 10.8 Å². The summed E-state index contributed by atoms with van der Waals surface area (Å²) < 4.78 is 1.90. The Bertz CT molecular complexity index is 407. The Hall–Kier alpha value is -1.20. The predicted octanol–water partition coefficient (Wildman–Crippen LogP) is 1.04. The molecular formula is C8H9N3OS. The SMILES string of the molecule is Cn1ccnc1-c1nc(CO)cs1. The summed E-state index contributed by atoms with van der Waals surface area (Å²) in [5.74, 6) is 0.838. The Morgan fingerprint density at radius 1 is 1.62 bits per heavy atom. The molecule has 1 N–H and O–H groups in total. The minimum atomic E-state index is -0.0130. The molecule has 0 aliphatic rings. The molecule has 0 fully saturated rings. The van der Waals surface area contributed by atoms with Crippen molar-refractivity contribution in [3.63, 3.8) is 0 Å². The van der Waals surface area contributed by atoms with E-state index in [-0.39, 0.29) is 6.61 Å². The normalized spacial score (nSPS) is 10.6. The average molecular weight is 195 g/mol. The van der Waals surface area contributed by atoms with E-state index in [1.165, 1.54) is 11.3 Å². The Kier molecular flexibility index (Phi) is 2.12. The smallest absolute Gasteiger partial charge is 0.168 e. The summed E-state index contributed by atoms with van der Waals surface area (Å²) in [6.45, 7) is -0.0130. The molecule has 4 nitrogen and oxygen atoms in total. The van der Waals surface area contributed by atoms with Gasteiger partial charge >= 0.3 is 0 Å². The van der Waals surface area contributed by atoms with Crippen molar-refractivity contribution in [2.24, 2.45) is 7.05 Å². The van der Waals surface area contributed by atoms with Gasteiger partial charge in [0.05, 0.1) is 12.3 Å². The molecule has 0 spiro atoms. The zero-order valence-electron chi connectivity index (χ0n) is 7.14. The van der Waals surface area contributed by atoms with E-state index in [9.17, 15) is 0 Å². The van der Waals surface area contributed by atoms with Crippen molar-refractivity contribution in [3.8, 4) is 10.8 Å². The molecule has 68 valence electrons. The second-order valence-electron chi connectivity index (χ2n) is 2.66. The van der Waals surface area contributed by atoms with Crippen LogP contribution in [-0.2, 0) is 13.7 Å². The second kappa shape index (κ2) is 3.27. The Labute approximate surface area is 79.5 Å². The van der Waals surface area contributed by atoms with Crippen LogP contribution in [0.1, 0.15) is 5.69 Å². The highest BCUT2D eigenvalue weighted by Crippen LogP contribution is 2.21. The number of nitrogens with zero attached hydrogens (tertiary/aromatic N) is 3. The van der Waals surface area contributed by atoms with E-state index in [1.54, 1.807) is 6.20 Å². The number of aromatic nitrogens is 3. The molecule has 0 radical (unpaired) electrons. The first-order chi connectivity index (χ1) is 6.31. The molecule has 2 heterocycles. The van der Waals surface area contributed by atoms with Gasteiger partial charge in [-0.1, -0.05) is 0 Å². The van der Waals surface area contributed by atoms with Gasteiger partial charge in [-0.2, -0.15) is 0 Å². The van der Waals surface area contributed by atoms with E-state index in [0.717, 1.165) is 10.8 Å². The van der Waals surface area contributed by atoms with Crippen LogP contribution in [-0.4, -0.2) is 19.6 Å². The molecule has 5 heteroatoms. The van der Waals surface area contributed by atoms with Crippen molar-refractivity contribution in [2.45, 2.75) is 6.61 Å². The molecular weight excluding hydrogens is 186 g/mol. The lowest BCUT2D eigenvalue weighted by molar-refractivity contribution is 0.278. The number of hydrogen-bond acceptors (Lipinski definition) is 4. The highest BCUT2D eigenvalue weighted by molar-refractivity contribution is 7.13. The molecule has 0 aromatic carbocycles. The minimum absolute atomic E-state index is 0.0130. The highest BCUT2D eigenvalue weighted by Gasteiger charge is 2.07. The molecule has 0 unspecified atom stereocenters. The molecule has 0 atom stereocenters. The average Bonchev–Trinajstić information content (AvgIpc) is 2.71. The number of rotatable bonds is 2. The van der Waals surface area contributed by atoms with Gasteiger partial charge in [-0.15, -0.1) is 11.3 Å². The lowest BCUT2D eigenvalue weighted by Gasteiger charge is -1.94. The summed E-state index contributed by atoms with van der Waals surface area (Å²) >= 11 is 1.49. The van der Waals surface area contributed by atoms with Crippen LogP contribution in [0.2, 0.25) is 0 Å². The van der Waals surface area contributed by atoms with E-state index in [0.29, 0.717) is 5.69 Å². The van der Waals surface area contributed by atoms with Crippen LogP contribution in [0.4, 0.5) is 0 Å². The fourth-order valence-electron chi connectivity index (χ4n) is 1.05. The van der Waals surface area contributed by atoms with Crippen molar-refractivity contribution < 1.29 is 5.11 Å². The number of imidazole rings is 1.